The van der Waals surface area contributed by atoms with Gasteiger partial charge in [-0.05, 0) is 6.92 Å². The summed E-state index contributed by atoms with van der Waals surface area (Å²) in [6.45, 7) is 3.14. The smallest absolute Gasteiger partial charge is 0.224 e. The van der Waals surface area contributed by atoms with Gasteiger partial charge in [0.2, 0.25) is 15.9 Å². The van der Waals surface area contributed by atoms with Crippen LogP contribution in [-0.4, -0.2) is 71.9 Å². The van der Waals surface area contributed by atoms with Gasteiger partial charge in [-0.25, -0.2) is 12.7 Å². The van der Waals surface area contributed by atoms with Gasteiger partial charge in [-0.15, -0.1) is 0 Å². The predicted octanol–water partition coefficient (Wildman–Crippen LogP) is -1.24. The first kappa shape index (κ1) is 19.5. The average Bonchev–Trinajstić information content (AvgIpc) is 2.26. The number of sulfonamides is 1. The van der Waals surface area contributed by atoms with Crippen LogP contribution in [0.4, 0.5) is 0 Å². The molecule has 3 unspecified atom stereocenters. The third-order valence-corrected chi connectivity index (χ3v) is 5.14. The van der Waals surface area contributed by atoms with Gasteiger partial charge in [0.1, 0.15) is 0 Å². The first-order valence-electron chi connectivity index (χ1n) is 6.15. The molecule has 0 heterocycles. The second-order valence-corrected chi connectivity index (χ2v) is 8.62. The molecular formula is C11H24N2O5S2. The van der Waals surface area contributed by atoms with Crippen molar-refractivity contribution >= 4 is 26.7 Å². The normalized spacial score (nSPS) is 18.4. The Bertz CT molecular complexity index is 452. The maximum Gasteiger partial charge on any atom is 0.224 e. The lowest BCUT2D eigenvalue weighted by Gasteiger charge is -2.25. The van der Waals surface area contributed by atoms with E-state index in [2.05, 4.69) is 5.32 Å². The van der Waals surface area contributed by atoms with Crippen molar-refractivity contribution in [1.82, 2.24) is 9.62 Å². The molecule has 0 spiro atoms. The molecule has 1 amide bonds. The Kier molecular flexibility index (Phi) is 7.85. The topological polar surface area (TPSA) is 104 Å². The highest BCUT2D eigenvalue weighted by Crippen LogP contribution is 2.03. The number of amides is 1. The second-order valence-electron chi connectivity index (χ2n) is 5.05. The van der Waals surface area contributed by atoms with Crippen molar-refractivity contribution in [2.75, 3.05) is 31.9 Å². The first-order valence-corrected chi connectivity index (χ1v) is 9.72. The number of carbonyl (C=O) groups excluding carboxylic acids is 1. The molecule has 0 aromatic carbocycles. The van der Waals surface area contributed by atoms with Gasteiger partial charge in [0, 0.05) is 42.3 Å². The third-order valence-electron chi connectivity index (χ3n) is 2.89. The standard InChI is InChI=1S/C11H24N2O5S2/c1-8(7-19(4)16)11(15)12-9(2)10(14)6-13(3)20(5,17)18/h8-10,14H,6-7H2,1-5H3,(H,12,15)/t8?,9-,10?,19?/m0/s1. The van der Waals surface area contributed by atoms with Crippen molar-refractivity contribution < 1.29 is 22.5 Å². The summed E-state index contributed by atoms with van der Waals surface area (Å²) < 4.78 is 34.5. The summed E-state index contributed by atoms with van der Waals surface area (Å²) in [5.74, 6) is -0.491. The van der Waals surface area contributed by atoms with E-state index >= 15 is 0 Å². The van der Waals surface area contributed by atoms with Crippen LogP contribution in [-0.2, 0) is 25.6 Å². The Morgan fingerprint density at radius 1 is 1.40 bits per heavy atom. The monoisotopic (exact) mass is 328 g/mol. The number of aliphatic hydroxyl groups excluding tert-OH is 1. The van der Waals surface area contributed by atoms with E-state index in [1.165, 1.54) is 13.3 Å². The van der Waals surface area contributed by atoms with Crippen LogP contribution in [0.2, 0.25) is 0 Å². The number of likely N-dealkylation sites (N-methyl/N-ethyl adjacent to an activating group) is 1. The Morgan fingerprint density at radius 3 is 2.30 bits per heavy atom. The zero-order valence-electron chi connectivity index (χ0n) is 12.5. The largest absolute Gasteiger partial charge is 0.390 e. The predicted molar refractivity (Wildman–Crippen MR) is 79.2 cm³/mol. The molecule has 4 atom stereocenters. The molecule has 0 aliphatic heterocycles. The zero-order valence-corrected chi connectivity index (χ0v) is 14.1. The fourth-order valence-corrected chi connectivity index (χ4v) is 2.73. The zero-order chi connectivity index (χ0) is 16.1. The SMILES string of the molecule is CC(CS(C)=O)C(=O)N[C@@H](C)C(O)CN(C)S(C)(=O)=O. The molecule has 120 valence electrons. The summed E-state index contributed by atoms with van der Waals surface area (Å²) in [4.78, 5) is 11.8. The number of hydrogen-bond acceptors (Lipinski definition) is 5. The number of nitrogens with one attached hydrogen (secondary N) is 1. The van der Waals surface area contributed by atoms with Gasteiger partial charge in [-0.1, -0.05) is 6.92 Å². The number of nitrogens with zero attached hydrogens (tertiary/aromatic N) is 1. The Labute approximate surface area is 123 Å². The summed E-state index contributed by atoms with van der Waals surface area (Å²) in [5.41, 5.74) is 0. The number of aliphatic hydroxyl groups is 1. The van der Waals surface area contributed by atoms with Crippen LogP contribution >= 0.6 is 0 Å². The van der Waals surface area contributed by atoms with E-state index in [9.17, 15) is 22.5 Å². The molecule has 0 aliphatic carbocycles. The molecular weight excluding hydrogens is 304 g/mol. The van der Waals surface area contributed by atoms with Crippen molar-refractivity contribution in [3.05, 3.63) is 0 Å². The number of carbonyl (C=O) groups is 1. The van der Waals surface area contributed by atoms with Gasteiger partial charge < -0.3 is 10.4 Å². The van der Waals surface area contributed by atoms with Gasteiger partial charge in [0.05, 0.1) is 18.4 Å². The fourth-order valence-electron chi connectivity index (χ4n) is 1.45. The molecule has 0 aliphatic rings. The van der Waals surface area contributed by atoms with Crippen molar-refractivity contribution in [3.63, 3.8) is 0 Å². The molecule has 2 N–H and O–H groups in total. The van der Waals surface area contributed by atoms with Crippen LogP contribution in [0, 0.1) is 5.92 Å². The van der Waals surface area contributed by atoms with Gasteiger partial charge in [-0.2, -0.15) is 0 Å². The van der Waals surface area contributed by atoms with E-state index in [0.29, 0.717) is 0 Å². The highest BCUT2D eigenvalue weighted by molar-refractivity contribution is 7.88. The van der Waals surface area contributed by atoms with E-state index < -0.39 is 38.9 Å². The summed E-state index contributed by atoms with van der Waals surface area (Å²) >= 11 is 0. The summed E-state index contributed by atoms with van der Waals surface area (Å²) in [5, 5.41) is 12.5. The van der Waals surface area contributed by atoms with Gasteiger partial charge in [-0.3, -0.25) is 9.00 Å². The Balaban J connectivity index is 4.43. The van der Waals surface area contributed by atoms with E-state index in [-0.39, 0.29) is 18.2 Å². The molecule has 0 saturated carbocycles. The number of hydrogen-bond donors (Lipinski definition) is 2. The molecule has 0 aromatic rings. The maximum absolute atomic E-state index is 11.8. The van der Waals surface area contributed by atoms with Gasteiger partial charge in [0.15, 0.2) is 0 Å². The molecule has 0 fully saturated rings. The van der Waals surface area contributed by atoms with Crippen LogP contribution < -0.4 is 5.32 Å². The molecule has 7 nitrogen and oxygen atoms in total. The highest BCUT2D eigenvalue weighted by Gasteiger charge is 2.24. The van der Waals surface area contributed by atoms with Crippen LogP contribution in [0.15, 0.2) is 0 Å². The molecule has 0 aromatic heterocycles. The Hall–Kier alpha value is -0.510. The van der Waals surface area contributed by atoms with Crippen LogP contribution in [0.1, 0.15) is 13.8 Å². The molecule has 0 saturated heterocycles. The van der Waals surface area contributed by atoms with E-state index in [4.69, 9.17) is 0 Å². The first-order chi connectivity index (χ1) is 8.95. The fraction of sp³-hybridized carbons (Fsp3) is 0.909. The Morgan fingerprint density at radius 2 is 1.90 bits per heavy atom. The summed E-state index contributed by atoms with van der Waals surface area (Å²) in [7, 11) is -3.09. The van der Waals surface area contributed by atoms with Crippen molar-refractivity contribution in [2.24, 2.45) is 5.92 Å². The lowest BCUT2D eigenvalue weighted by atomic mass is 10.1. The van der Waals surface area contributed by atoms with Crippen LogP contribution in [0.5, 0.6) is 0 Å². The molecule has 0 radical (unpaired) electrons. The van der Waals surface area contributed by atoms with Crippen molar-refractivity contribution in [1.29, 1.82) is 0 Å². The van der Waals surface area contributed by atoms with Crippen LogP contribution in [0.25, 0.3) is 0 Å². The maximum atomic E-state index is 11.8. The van der Waals surface area contributed by atoms with Gasteiger partial charge >= 0.3 is 0 Å². The third kappa shape index (κ3) is 7.32. The van der Waals surface area contributed by atoms with E-state index in [1.807, 2.05) is 0 Å². The molecule has 9 heteroatoms. The molecule has 0 bridgehead atoms. The minimum absolute atomic E-state index is 0.103. The average molecular weight is 328 g/mol. The minimum Gasteiger partial charge on any atom is -0.390 e. The lowest BCUT2D eigenvalue weighted by Crippen LogP contribution is -2.48. The quantitative estimate of drug-likeness (QED) is 0.580. The highest BCUT2D eigenvalue weighted by atomic mass is 32.2. The summed E-state index contributed by atoms with van der Waals surface area (Å²) in [6.07, 6.45) is 1.54. The summed E-state index contributed by atoms with van der Waals surface area (Å²) in [6, 6.07) is -0.598. The van der Waals surface area contributed by atoms with Gasteiger partial charge in [0.25, 0.3) is 0 Å². The molecule has 0 rings (SSSR count). The van der Waals surface area contributed by atoms with Crippen LogP contribution in [0.3, 0.4) is 0 Å². The minimum atomic E-state index is -3.37. The van der Waals surface area contributed by atoms with E-state index in [0.717, 1.165) is 10.6 Å². The lowest BCUT2D eigenvalue weighted by molar-refractivity contribution is -0.125. The second kappa shape index (κ2) is 8.06. The van der Waals surface area contributed by atoms with E-state index in [1.54, 1.807) is 13.8 Å². The van der Waals surface area contributed by atoms with Crippen molar-refractivity contribution in [3.8, 4) is 0 Å². The van der Waals surface area contributed by atoms with Crippen molar-refractivity contribution in [2.45, 2.75) is 26.0 Å². The molecule has 20 heavy (non-hydrogen) atoms. The number of rotatable bonds is 8.